The number of benzene rings is 1. The van der Waals surface area contributed by atoms with Crippen molar-refractivity contribution in [1.82, 2.24) is 9.62 Å². The van der Waals surface area contributed by atoms with E-state index in [0.29, 0.717) is 37.4 Å². The van der Waals surface area contributed by atoms with Gasteiger partial charge in [0.2, 0.25) is 10.0 Å². The molecule has 0 bridgehead atoms. The van der Waals surface area contributed by atoms with Crippen molar-refractivity contribution >= 4 is 21.6 Å². The number of nitrogens with one attached hydrogen (secondary N) is 2. The average molecular weight is 432 g/mol. The second-order valence-corrected chi connectivity index (χ2v) is 10.9. The summed E-state index contributed by atoms with van der Waals surface area (Å²) in [7, 11) is -3.54. The maximum atomic E-state index is 13.0. The zero-order chi connectivity index (χ0) is 21.7. The summed E-state index contributed by atoms with van der Waals surface area (Å²) in [6.07, 6.45) is 1.04. The number of nitrogens with zero attached hydrogens (tertiary/aromatic N) is 1. The van der Waals surface area contributed by atoms with Gasteiger partial charge in [0.25, 0.3) is 5.91 Å². The minimum Gasteiger partial charge on any atom is -0.455 e. The van der Waals surface area contributed by atoms with Crippen LogP contribution >= 0.6 is 0 Å². The van der Waals surface area contributed by atoms with E-state index in [-0.39, 0.29) is 28.3 Å². The van der Waals surface area contributed by atoms with Crippen LogP contribution in [0.4, 0.5) is 5.69 Å². The number of carbonyl (C=O) groups is 1. The predicted molar refractivity (Wildman–Crippen MR) is 115 cm³/mol. The first-order valence-electron chi connectivity index (χ1n) is 10.3. The Hall–Kier alpha value is -2.32. The molecular formula is C22H29N3O4S. The quantitative estimate of drug-likeness (QED) is 0.760. The van der Waals surface area contributed by atoms with Crippen LogP contribution in [0.15, 0.2) is 39.6 Å². The first kappa shape index (κ1) is 20.9. The van der Waals surface area contributed by atoms with Crippen LogP contribution in [0, 0.1) is 12.8 Å². The summed E-state index contributed by atoms with van der Waals surface area (Å²) in [4.78, 5) is 15.1. The number of para-hydroxylation sites is 1. The van der Waals surface area contributed by atoms with Gasteiger partial charge in [0.1, 0.15) is 10.7 Å². The first-order valence-corrected chi connectivity index (χ1v) is 11.8. The van der Waals surface area contributed by atoms with Crippen LogP contribution in [0.1, 0.15) is 55.5 Å². The highest BCUT2D eigenvalue weighted by Gasteiger charge is 2.36. The molecule has 1 saturated heterocycles. The van der Waals surface area contributed by atoms with Crippen LogP contribution in [0.5, 0.6) is 0 Å². The lowest BCUT2D eigenvalue weighted by molar-refractivity contribution is 0.0643. The molecular weight excluding hydrogens is 402 g/mol. The van der Waals surface area contributed by atoms with Crippen molar-refractivity contribution in [2.24, 2.45) is 5.92 Å². The summed E-state index contributed by atoms with van der Waals surface area (Å²) >= 11 is 0. The molecule has 3 heterocycles. The molecule has 0 spiro atoms. The Morgan fingerprint density at radius 2 is 1.83 bits per heavy atom. The summed E-state index contributed by atoms with van der Waals surface area (Å²) in [6, 6.07) is 8.86. The van der Waals surface area contributed by atoms with E-state index < -0.39 is 10.0 Å². The van der Waals surface area contributed by atoms with E-state index in [0.717, 1.165) is 11.3 Å². The van der Waals surface area contributed by atoms with E-state index >= 15 is 0 Å². The molecule has 30 heavy (non-hydrogen) atoms. The number of hydrogen-bond donors (Lipinski definition) is 2. The smallest absolute Gasteiger partial charge is 0.289 e. The van der Waals surface area contributed by atoms with Gasteiger partial charge in [0, 0.05) is 24.1 Å². The van der Waals surface area contributed by atoms with Gasteiger partial charge in [0.15, 0.2) is 5.76 Å². The monoisotopic (exact) mass is 431 g/mol. The third-order valence-corrected chi connectivity index (χ3v) is 7.42. The number of anilines is 1. The van der Waals surface area contributed by atoms with Crippen molar-refractivity contribution in [3.05, 3.63) is 47.4 Å². The number of piperidine rings is 1. The van der Waals surface area contributed by atoms with Crippen molar-refractivity contribution < 1.29 is 17.6 Å². The summed E-state index contributed by atoms with van der Waals surface area (Å²) < 4.78 is 33.8. The van der Waals surface area contributed by atoms with Crippen LogP contribution in [-0.2, 0) is 15.4 Å². The van der Waals surface area contributed by atoms with E-state index in [9.17, 15) is 13.2 Å². The molecule has 7 nitrogen and oxygen atoms in total. The van der Waals surface area contributed by atoms with Crippen molar-refractivity contribution in [3.63, 3.8) is 0 Å². The fraction of sp³-hybridized carbons (Fsp3) is 0.500. The van der Waals surface area contributed by atoms with Crippen LogP contribution in [0.2, 0.25) is 0 Å². The maximum Gasteiger partial charge on any atom is 0.289 e. The number of likely N-dealkylation sites (tertiary alicyclic amines) is 1. The van der Waals surface area contributed by atoms with Crippen LogP contribution in [0.3, 0.4) is 0 Å². The lowest BCUT2D eigenvalue weighted by Crippen LogP contribution is -2.52. The maximum absolute atomic E-state index is 13.0. The topological polar surface area (TPSA) is 91.7 Å². The standard InChI is InChI=1S/C22H29N3O4S/c1-14-13-18(22(2,3)4)29-19(14)21(26)25-11-9-15(10-12-25)20-23-16-7-5-6-8-17(16)30(27,28)24-20/h5-8,13,15,20,23-24H,9-12H2,1-4H3/t20-/m0/s1. The number of rotatable bonds is 2. The number of furan rings is 1. The Labute approximate surface area is 177 Å². The van der Waals surface area contributed by atoms with E-state index in [2.05, 4.69) is 30.8 Å². The third kappa shape index (κ3) is 3.86. The second kappa shape index (κ2) is 7.42. The van der Waals surface area contributed by atoms with Crippen LogP contribution < -0.4 is 10.0 Å². The molecule has 2 aliphatic heterocycles. The number of carbonyl (C=O) groups excluding carboxylic acids is 1. The predicted octanol–water partition coefficient (Wildman–Crippen LogP) is 3.47. The van der Waals surface area contributed by atoms with Gasteiger partial charge in [-0.2, -0.15) is 4.72 Å². The van der Waals surface area contributed by atoms with Gasteiger partial charge in [-0.1, -0.05) is 32.9 Å². The van der Waals surface area contributed by atoms with E-state index in [1.807, 2.05) is 19.1 Å². The van der Waals surface area contributed by atoms with Crippen molar-refractivity contribution in [3.8, 4) is 0 Å². The van der Waals surface area contributed by atoms with Gasteiger partial charge in [-0.25, -0.2) is 8.42 Å². The molecule has 8 heteroatoms. The fourth-order valence-electron chi connectivity index (χ4n) is 4.11. The molecule has 2 aromatic rings. The van der Waals surface area contributed by atoms with E-state index in [1.165, 1.54) is 0 Å². The van der Waals surface area contributed by atoms with Crippen LogP contribution in [0.25, 0.3) is 0 Å². The van der Waals surface area contributed by atoms with E-state index in [1.54, 1.807) is 23.1 Å². The molecule has 1 atom stereocenters. The number of amides is 1. The SMILES string of the molecule is Cc1cc(C(C)(C)C)oc1C(=O)N1CCC([C@H]2Nc3ccccc3S(=O)(=O)N2)CC1. The molecule has 0 radical (unpaired) electrons. The second-order valence-electron chi connectivity index (χ2n) is 9.24. The molecule has 162 valence electrons. The van der Waals surface area contributed by atoms with Gasteiger partial charge in [0.05, 0.1) is 11.9 Å². The fourth-order valence-corrected chi connectivity index (χ4v) is 5.49. The molecule has 2 aliphatic rings. The normalized spacial score (nSPS) is 21.7. The zero-order valence-corrected chi connectivity index (χ0v) is 18.7. The van der Waals surface area contributed by atoms with Crippen LogP contribution in [-0.4, -0.2) is 38.5 Å². The molecule has 4 rings (SSSR count). The third-order valence-electron chi connectivity index (χ3n) is 5.92. The Morgan fingerprint density at radius 1 is 1.17 bits per heavy atom. The van der Waals surface area contributed by atoms with Crippen molar-refractivity contribution in [2.45, 2.75) is 57.0 Å². The highest BCUT2D eigenvalue weighted by Crippen LogP contribution is 2.32. The van der Waals surface area contributed by atoms with Crippen molar-refractivity contribution in [1.29, 1.82) is 0 Å². The molecule has 0 unspecified atom stereocenters. The highest BCUT2D eigenvalue weighted by molar-refractivity contribution is 7.89. The molecule has 1 aromatic carbocycles. The van der Waals surface area contributed by atoms with Gasteiger partial charge < -0.3 is 14.6 Å². The lowest BCUT2D eigenvalue weighted by Gasteiger charge is -2.38. The summed E-state index contributed by atoms with van der Waals surface area (Å²) in [5.41, 5.74) is 1.32. The van der Waals surface area contributed by atoms with Gasteiger partial charge in [-0.15, -0.1) is 0 Å². The number of hydrogen-bond acceptors (Lipinski definition) is 5. The Bertz CT molecular complexity index is 1060. The molecule has 1 aromatic heterocycles. The highest BCUT2D eigenvalue weighted by atomic mass is 32.2. The van der Waals surface area contributed by atoms with Gasteiger partial charge in [-0.3, -0.25) is 4.79 Å². The minimum absolute atomic E-state index is 0.0935. The molecule has 1 fully saturated rings. The van der Waals surface area contributed by atoms with E-state index in [4.69, 9.17) is 4.42 Å². The van der Waals surface area contributed by atoms with Crippen molar-refractivity contribution in [2.75, 3.05) is 18.4 Å². The molecule has 0 aliphatic carbocycles. The minimum atomic E-state index is -3.54. The number of sulfonamides is 1. The molecule has 0 saturated carbocycles. The Kier molecular flexibility index (Phi) is 5.18. The van der Waals surface area contributed by atoms with Gasteiger partial charge >= 0.3 is 0 Å². The first-order chi connectivity index (χ1) is 14.1. The Balaban J connectivity index is 1.44. The number of fused-ring (bicyclic) bond motifs is 1. The molecule has 1 amide bonds. The lowest BCUT2D eigenvalue weighted by atomic mass is 9.93. The summed E-state index contributed by atoms with van der Waals surface area (Å²) in [6.45, 7) is 9.20. The zero-order valence-electron chi connectivity index (χ0n) is 17.9. The average Bonchev–Trinajstić information content (AvgIpc) is 3.09. The number of aryl methyl sites for hydroxylation is 1. The molecule has 2 N–H and O–H groups in total. The summed E-state index contributed by atoms with van der Waals surface area (Å²) in [5, 5.41) is 3.31. The van der Waals surface area contributed by atoms with Gasteiger partial charge in [-0.05, 0) is 43.9 Å². The Morgan fingerprint density at radius 3 is 2.47 bits per heavy atom. The summed E-state index contributed by atoms with van der Waals surface area (Å²) in [5.74, 6) is 1.21. The largest absolute Gasteiger partial charge is 0.455 e.